The van der Waals surface area contributed by atoms with Crippen molar-refractivity contribution in [3.05, 3.63) is 69.7 Å². The van der Waals surface area contributed by atoms with Gasteiger partial charge in [-0.3, -0.25) is 9.59 Å². The van der Waals surface area contributed by atoms with Crippen LogP contribution in [0.2, 0.25) is 10.0 Å². The number of carbonyl (C=O) groups is 2. The number of rotatable bonds is 2. The summed E-state index contributed by atoms with van der Waals surface area (Å²) in [5.41, 5.74) is -0.100. The zero-order valence-corrected chi connectivity index (χ0v) is 16.2. The third kappa shape index (κ3) is 4.66. The van der Waals surface area contributed by atoms with Crippen molar-refractivity contribution in [2.75, 3.05) is 0 Å². The maximum Gasteiger partial charge on any atom is 0.287 e. The zero-order valence-electron chi connectivity index (χ0n) is 14.0. The van der Waals surface area contributed by atoms with Gasteiger partial charge in [-0.15, -0.1) is 0 Å². The fourth-order valence-electron chi connectivity index (χ4n) is 2.18. The predicted octanol–water partition coefficient (Wildman–Crippen LogP) is 5.45. The number of amides is 2. The first-order valence-corrected chi connectivity index (χ1v) is 8.56. The molecule has 2 rings (SSSR count). The fraction of sp³-hybridized carbons (Fsp3) is 0.222. The Morgan fingerprint density at radius 2 is 1.44 bits per heavy atom. The Morgan fingerprint density at radius 1 is 0.840 bits per heavy atom. The van der Waals surface area contributed by atoms with Gasteiger partial charge >= 0.3 is 0 Å². The van der Waals surface area contributed by atoms with Gasteiger partial charge in [-0.05, 0) is 63.2 Å². The van der Waals surface area contributed by atoms with Crippen molar-refractivity contribution in [3.8, 4) is 0 Å². The lowest BCUT2D eigenvalue weighted by molar-refractivity contribution is -0.00370. The van der Waals surface area contributed by atoms with Crippen molar-refractivity contribution in [2.24, 2.45) is 0 Å². The minimum atomic E-state index is -0.743. The van der Waals surface area contributed by atoms with E-state index in [-0.39, 0.29) is 5.56 Å². The van der Waals surface area contributed by atoms with Crippen LogP contribution in [-0.4, -0.2) is 26.9 Å². The van der Waals surface area contributed by atoms with E-state index in [1.54, 1.807) is 63.2 Å². The van der Waals surface area contributed by atoms with Crippen LogP contribution < -0.4 is 0 Å². The molecule has 0 aliphatic carbocycles. The number of hydrogen-bond donors (Lipinski definition) is 0. The SMILES string of the molecule is CC(C)(C)N(C(=O)c1ccc(Cl)cc1)N(Cl)C(=O)c1cccc(Cl)c1. The molecule has 0 saturated heterocycles. The summed E-state index contributed by atoms with van der Waals surface area (Å²) in [6.45, 7) is 5.34. The highest BCUT2D eigenvalue weighted by Crippen LogP contribution is 2.25. The van der Waals surface area contributed by atoms with E-state index < -0.39 is 17.4 Å². The van der Waals surface area contributed by atoms with E-state index in [1.807, 2.05) is 0 Å². The number of nitrogens with zero attached hydrogens (tertiary/aromatic N) is 2. The lowest BCUT2D eigenvalue weighted by atomic mass is 10.1. The lowest BCUT2D eigenvalue weighted by Crippen LogP contribution is -2.54. The molecule has 0 aromatic heterocycles. The molecule has 0 bridgehead atoms. The minimum absolute atomic E-state index is 0.278. The number of hydrazine groups is 1. The third-order valence-corrected chi connectivity index (χ3v) is 4.13. The summed E-state index contributed by atoms with van der Waals surface area (Å²) < 4.78 is 0.794. The molecule has 0 saturated carbocycles. The monoisotopic (exact) mass is 398 g/mol. The Hall–Kier alpha value is -1.75. The Balaban J connectivity index is 2.38. The molecule has 0 N–H and O–H groups in total. The number of carbonyl (C=O) groups excluding carboxylic acids is 2. The van der Waals surface area contributed by atoms with Gasteiger partial charge < -0.3 is 0 Å². The minimum Gasteiger partial charge on any atom is -0.267 e. The molecule has 0 aliphatic heterocycles. The summed E-state index contributed by atoms with van der Waals surface area (Å²) in [5.74, 6) is -0.976. The Kier molecular flexibility index (Phi) is 5.99. The van der Waals surface area contributed by atoms with E-state index in [1.165, 1.54) is 11.1 Å². The Morgan fingerprint density at radius 3 is 1.96 bits per heavy atom. The molecule has 2 aromatic carbocycles. The van der Waals surface area contributed by atoms with Gasteiger partial charge in [-0.1, -0.05) is 29.3 Å². The molecule has 132 valence electrons. The van der Waals surface area contributed by atoms with Crippen LogP contribution in [0, 0.1) is 0 Å². The van der Waals surface area contributed by atoms with Gasteiger partial charge in [-0.2, -0.15) is 4.53 Å². The molecule has 0 radical (unpaired) electrons. The second-order valence-corrected chi connectivity index (χ2v) is 7.56. The van der Waals surface area contributed by atoms with Crippen LogP contribution in [0.25, 0.3) is 0 Å². The summed E-state index contributed by atoms with van der Waals surface area (Å²) in [4.78, 5) is 25.6. The summed E-state index contributed by atoms with van der Waals surface area (Å²) in [6, 6.07) is 12.7. The predicted molar refractivity (Wildman–Crippen MR) is 101 cm³/mol. The highest BCUT2D eigenvalue weighted by Gasteiger charge is 2.35. The third-order valence-electron chi connectivity index (χ3n) is 3.33. The molecule has 2 amide bonds. The van der Waals surface area contributed by atoms with Gasteiger partial charge in [0.1, 0.15) is 0 Å². The first kappa shape index (κ1) is 19.6. The molecular formula is C18H17Cl3N2O2. The van der Waals surface area contributed by atoms with Crippen molar-refractivity contribution in [2.45, 2.75) is 26.3 Å². The van der Waals surface area contributed by atoms with Gasteiger partial charge in [0.25, 0.3) is 11.8 Å². The molecular weight excluding hydrogens is 383 g/mol. The molecule has 4 nitrogen and oxygen atoms in total. The van der Waals surface area contributed by atoms with Gasteiger partial charge in [0.15, 0.2) is 0 Å². The quantitative estimate of drug-likeness (QED) is 0.498. The van der Waals surface area contributed by atoms with E-state index >= 15 is 0 Å². The van der Waals surface area contributed by atoms with E-state index in [9.17, 15) is 9.59 Å². The van der Waals surface area contributed by atoms with Crippen molar-refractivity contribution in [1.82, 2.24) is 9.54 Å². The second-order valence-electron chi connectivity index (χ2n) is 6.37. The van der Waals surface area contributed by atoms with Crippen LogP contribution in [0.1, 0.15) is 41.5 Å². The molecule has 0 aliphatic rings. The lowest BCUT2D eigenvalue weighted by Gasteiger charge is -2.39. The van der Waals surface area contributed by atoms with Crippen LogP contribution in [0.5, 0.6) is 0 Å². The van der Waals surface area contributed by atoms with Crippen LogP contribution in [0.15, 0.2) is 48.5 Å². The van der Waals surface area contributed by atoms with Gasteiger partial charge in [-0.25, -0.2) is 5.01 Å². The molecule has 25 heavy (non-hydrogen) atoms. The number of benzene rings is 2. The van der Waals surface area contributed by atoms with E-state index in [2.05, 4.69) is 0 Å². The molecule has 0 heterocycles. The summed E-state index contributed by atoms with van der Waals surface area (Å²) >= 11 is 18.1. The second kappa shape index (κ2) is 7.65. The summed E-state index contributed by atoms with van der Waals surface area (Å²) in [7, 11) is 0. The maximum absolute atomic E-state index is 12.9. The zero-order chi connectivity index (χ0) is 18.8. The molecule has 0 atom stereocenters. The van der Waals surface area contributed by atoms with Crippen LogP contribution >= 0.6 is 35.0 Å². The van der Waals surface area contributed by atoms with E-state index in [4.69, 9.17) is 35.0 Å². The topological polar surface area (TPSA) is 40.6 Å². The molecule has 0 fully saturated rings. The van der Waals surface area contributed by atoms with Crippen molar-refractivity contribution < 1.29 is 9.59 Å². The average Bonchev–Trinajstić information content (AvgIpc) is 2.53. The number of halogens is 3. The molecule has 7 heteroatoms. The highest BCUT2D eigenvalue weighted by molar-refractivity contribution is 6.31. The molecule has 0 spiro atoms. The standard InChI is InChI=1S/C18H17Cl3N2O2/c1-18(2,3)22(16(24)12-7-9-14(19)10-8-12)23(21)17(25)13-5-4-6-15(20)11-13/h4-11H,1-3H3. The summed E-state index contributed by atoms with van der Waals surface area (Å²) in [6.07, 6.45) is 0. The molecule has 0 unspecified atom stereocenters. The van der Waals surface area contributed by atoms with Gasteiger partial charge in [0.2, 0.25) is 0 Å². The first-order valence-electron chi connectivity index (χ1n) is 7.47. The van der Waals surface area contributed by atoms with Crippen LogP contribution in [0.4, 0.5) is 0 Å². The van der Waals surface area contributed by atoms with E-state index in [0.29, 0.717) is 15.6 Å². The van der Waals surface area contributed by atoms with Gasteiger partial charge in [0, 0.05) is 32.9 Å². The van der Waals surface area contributed by atoms with Crippen LogP contribution in [0.3, 0.4) is 0 Å². The largest absolute Gasteiger partial charge is 0.287 e. The van der Waals surface area contributed by atoms with Crippen molar-refractivity contribution >= 4 is 46.8 Å². The van der Waals surface area contributed by atoms with Gasteiger partial charge in [0.05, 0.1) is 5.54 Å². The Bertz CT molecular complexity index is 786. The first-order chi connectivity index (χ1) is 11.6. The number of hydrogen-bond acceptors (Lipinski definition) is 2. The normalized spacial score (nSPS) is 11.1. The highest BCUT2D eigenvalue weighted by atomic mass is 35.5. The summed E-state index contributed by atoms with van der Waals surface area (Å²) in [5, 5.41) is 2.11. The van der Waals surface area contributed by atoms with E-state index in [0.717, 1.165) is 4.53 Å². The fourth-order valence-corrected chi connectivity index (χ4v) is 2.89. The Labute approximate surface area is 162 Å². The smallest absolute Gasteiger partial charge is 0.267 e. The maximum atomic E-state index is 12.9. The van der Waals surface area contributed by atoms with Crippen LogP contribution in [-0.2, 0) is 0 Å². The van der Waals surface area contributed by atoms with Crippen molar-refractivity contribution in [3.63, 3.8) is 0 Å². The molecule has 2 aromatic rings. The van der Waals surface area contributed by atoms with Crippen molar-refractivity contribution in [1.29, 1.82) is 0 Å². The average molecular weight is 400 g/mol.